The number of rotatable bonds is 9. The Morgan fingerprint density at radius 2 is 2.39 bits per heavy atom. The fraction of sp³-hybridized carbons (Fsp3) is 0.267. The Morgan fingerprint density at radius 1 is 1.52 bits per heavy atom. The highest BCUT2D eigenvalue weighted by molar-refractivity contribution is 6.02. The maximum atomic E-state index is 13.3. The monoisotopic (exact) mass is 319 g/mol. The molecule has 0 unspecified atom stereocenters. The summed E-state index contributed by atoms with van der Waals surface area (Å²) < 4.78 is 18.1. The number of carbonyl (C=O) groups is 1. The van der Waals surface area contributed by atoms with E-state index >= 15 is 0 Å². The summed E-state index contributed by atoms with van der Waals surface area (Å²) in [4.78, 5) is 10.3. The van der Waals surface area contributed by atoms with Crippen LogP contribution in [0.3, 0.4) is 0 Å². The van der Waals surface area contributed by atoms with Crippen LogP contribution in [0.15, 0.2) is 35.7 Å². The van der Waals surface area contributed by atoms with E-state index in [1.807, 2.05) is 0 Å². The van der Waals surface area contributed by atoms with E-state index in [9.17, 15) is 9.18 Å². The summed E-state index contributed by atoms with van der Waals surface area (Å²) in [5.74, 6) is 0. The molecule has 0 saturated carbocycles. The highest BCUT2D eigenvalue weighted by Gasteiger charge is 2.09. The van der Waals surface area contributed by atoms with Crippen molar-refractivity contribution in [3.05, 3.63) is 47.3 Å². The van der Waals surface area contributed by atoms with Gasteiger partial charge in [-0.1, -0.05) is 6.07 Å². The first kappa shape index (κ1) is 16.5. The normalized spacial score (nSPS) is 11.1. The van der Waals surface area contributed by atoms with Gasteiger partial charge in [-0.2, -0.15) is 10.2 Å². The average Bonchev–Trinajstić information content (AvgIpc) is 3.10. The smallest absolute Gasteiger partial charge is 0.293 e. The number of benzene rings is 1. The van der Waals surface area contributed by atoms with E-state index in [1.165, 1.54) is 0 Å². The molecule has 0 fully saturated rings. The van der Waals surface area contributed by atoms with E-state index in [0.717, 1.165) is 5.56 Å². The lowest BCUT2D eigenvalue weighted by Crippen LogP contribution is -2.14. The zero-order valence-electron chi connectivity index (χ0n) is 12.7. The van der Waals surface area contributed by atoms with Crippen LogP contribution in [0.25, 0.3) is 0 Å². The second kappa shape index (κ2) is 8.52. The summed E-state index contributed by atoms with van der Waals surface area (Å²) >= 11 is 0. The summed E-state index contributed by atoms with van der Waals surface area (Å²) in [6.07, 6.45) is 3.47. The van der Waals surface area contributed by atoms with Crippen LogP contribution >= 0.6 is 0 Å². The third-order valence-corrected chi connectivity index (χ3v) is 3.16. The molecule has 2 aromatic rings. The molecule has 0 bridgehead atoms. The zero-order chi connectivity index (χ0) is 16.5. The number of nitrogens with one attached hydrogen (secondary N) is 3. The molecule has 0 saturated heterocycles. The van der Waals surface area contributed by atoms with Crippen LogP contribution in [0.1, 0.15) is 16.7 Å². The van der Waals surface area contributed by atoms with Crippen molar-refractivity contribution in [2.75, 3.05) is 19.0 Å². The number of alkyl halides is 1. The number of hydrazone groups is 1. The molecule has 0 radical (unpaired) electrons. The molecule has 1 aromatic heterocycles. The average molecular weight is 319 g/mol. The molecular weight excluding hydrogens is 301 g/mol. The van der Waals surface area contributed by atoms with Gasteiger partial charge >= 0.3 is 0 Å². The van der Waals surface area contributed by atoms with Gasteiger partial charge in [0.05, 0.1) is 6.20 Å². The first-order valence-electron chi connectivity index (χ1n) is 6.97. The topological polar surface area (TPSA) is 91.4 Å². The Labute approximate surface area is 132 Å². The molecule has 3 N–H and O–H groups in total. The van der Waals surface area contributed by atoms with Crippen LogP contribution in [-0.2, 0) is 22.8 Å². The summed E-state index contributed by atoms with van der Waals surface area (Å²) in [6.45, 7) is 0.275. The van der Waals surface area contributed by atoms with Crippen molar-refractivity contribution in [3.63, 3.8) is 0 Å². The summed E-state index contributed by atoms with van der Waals surface area (Å²) in [5.41, 5.74) is 6.00. The number of hydrogen-bond donors (Lipinski definition) is 3. The van der Waals surface area contributed by atoms with Crippen LogP contribution in [0.5, 0.6) is 0 Å². The van der Waals surface area contributed by atoms with Crippen LogP contribution in [-0.4, -0.2) is 36.0 Å². The Kier molecular flexibility index (Phi) is 6.10. The van der Waals surface area contributed by atoms with E-state index in [2.05, 4.69) is 26.0 Å². The minimum absolute atomic E-state index is 0.0118. The molecule has 1 aromatic carbocycles. The SMILES string of the molecule is CN/N=C(\COC=O)c1ccc(NCc2cn[nH]c2)c(CF)c1. The van der Waals surface area contributed by atoms with Gasteiger partial charge in [-0.15, -0.1) is 0 Å². The molecule has 1 heterocycles. The predicted octanol–water partition coefficient (Wildman–Crippen LogP) is 1.59. The fourth-order valence-corrected chi connectivity index (χ4v) is 2.06. The van der Waals surface area contributed by atoms with E-state index in [0.29, 0.717) is 35.5 Å². The third kappa shape index (κ3) is 4.53. The minimum atomic E-state index is -0.622. The van der Waals surface area contributed by atoms with E-state index < -0.39 is 6.67 Å². The summed E-state index contributed by atoms with van der Waals surface area (Å²) in [5, 5.41) is 13.8. The number of carbonyl (C=O) groups excluding carboxylic acids is 1. The Balaban J connectivity index is 2.16. The molecule has 0 amide bonds. The van der Waals surface area contributed by atoms with Crippen molar-refractivity contribution in [2.24, 2.45) is 5.10 Å². The molecule has 2 rings (SSSR count). The number of halogens is 1. The number of ether oxygens (including phenoxy) is 1. The zero-order valence-corrected chi connectivity index (χ0v) is 12.7. The maximum absolute atomic E-state index is 13.3. The van der Waals surface area contributed by atoms with Crippen molar-refractivity contribution in [2.45, 2.75) is 13.2 Å². The van der Waals surface area contributed by atoms with Crippen molar-refractivity contribution in [1.82, 2.24) is 15.6 Å². The van der Waals surface area contributed by atoms with Gasteiger partial charge in [-0.3, -0.25) is 9.89 Å². The van der Waals surface area contributed by atoms with Gasteiger partial charge in [0.25, 0.3) is 6.47 Å². The van der Waals surface area contributed by atoms with Crippen molar-refractivity contribution in [3.8, 4) is 0 Å². The largest absolute Gasteiger partial charge is 0.461 e. The molecule has 0 aliphatic rings. The Bertz CT molecular complexity index is 658. The van der Waals surface area contributed by atoms with Crippen molar-refractivity contribution in [1.29, 1.82) is 0 Å². The second-order valence-corrected chi connectivity index (χ2v) is 4.65. The molecule has 23 heavy (non-hydrogen) atoms. The third-order valence-electron chi connectivity index (χ3n) is 3.16. The molecule has 0 atom stereocenters. The van der Waals surface area contributed by atoms with E-state index in [4.69, 9.17) is 4.74 Å². The molecular formula is C15H18FN5O2. The van der Waals surface area contributed by atoms with Gasteiger partial charge in [0.1, 0.15) is 19.0 Å². The number of anilines is 1. The maximum Gasteiger partial charge on any atom is 0.293 e. The van der Waals surface area contributed by atoms with Gasteiger partial charge in [0.15, 0.2) is 0 Å². The number of aromatic nitrogens is 2. The standard InChI is InChI=1S/C15H18FN5O2/c1-17-21-15(9-23-10-22)12-2-3-14(13(4-12)5-16)18-6-11-7-19-20-8-11/h2-4,7-8,10,17-18H,5-6,9H2,1H3,(H,19,20)/b21-15+. The lowest BCUT2D eigenvalue weighted by Gasteiger charge is -2.12. The van der Waals surface area contributed by atoms with E-state index in [1.54, 1.807) is 37.6 Å². The fourth-order valence-electron chi connectivity index (χ4n) is 2.06. The van der Waals surface area contributed by atoms with Crippen LogP contribution in [0, 0.1) is 0 Å². The number of H-pyrrole nitrogens is 1. The molecule has 0 aliphatic heterocycles. The molecule has 122 valence electrons. The quantitative estimate of drug-likeness (QED) is 0.371. The highest BCUT2D eigenvalue weighted by atomic mass is 19.1. The van der Waals surface area contributed by atoms with Crippen LogP contribution in [0.2, 0.25) is 0 Å². The summed E-state index contributed by atoms with van der Waals surface area (Å²) in [7, 11) is 1.64. The van der Waals surface area contributed by atoms with E-state index in [-0.39, 0.29) is 6.61 Å². The Hall–Kier alpha value is -2.90. The molecule has 0 spiro atoms. The second-order valence-electron chi connectivity index (χ2n) is 4.65. The van der Waals surface area contributed by atoms with Gasteiger partial charge in [0.2, 0.25) is 0 Å². The minimum Gasteiger partial charge on any atom is -0.461 e. The van der Waals surface area contributed by atoms with Crippen LogP contribution in [0.4, 0.5) is 10.1 Å². The number of nitrogens with zero attached hydrogens (tertiary/aromatic N) is 2. The van der Waals surface area contributed by atoms with Gasteiger partial charge < -0.3 is 15.5 Å². The number of aromatic amines is 1. The van der Waals surface area contributed by atoms with Gasteiger partial charge in [-0.05, 0) is 12.1 Å². The van der Waals surface area contributed by atoms with Crippen LogP contribution < -0.4 is 10.7 Å². The predicted molar refractivity (Wildman–Crippen MR) is 84.8 cm³/mol. The summed E-state index contributed by atoms with van der Waals surface area (Å²) in [6, 6.07) is 5.25. The first-order chi connectivity index (χ1) is 11.3. The number of hydrogen-bond acceptors (Lipinski definition) is 6. The van der Waals surface area contributed by atoms with Crippen molar-refractivity contribution < 1.29 is 13.9 Å². The first-order valence-corrected chi connectivity index (χ1v) is 6.97. The highest BCUT2D eigenvalue weighted by Crippen LogP contribution is 2.20. The van der Waals surface area contributed by atoms with Gasteiger partial charge in [-0.25, -0.2) is 4.39 Å². The molecule has 7 nitrogen and oxygen atoms in total. The van der Waals surface area contributed by atoms with Crippen molar-refractivity contribution >= 4 is 17.9 Å². The Morgan fingerprint density at radius 3 is 3.04 bits per heavy atom. The van der Waals surface area contributed by atoms with Gasteiger partial charge in [0, 0.05) is 42.2 Å². The molecule has 8 heteroatoms. The lowest BCUT2D eigenvalue weighted by atomic mass is 10.1. The molecule has 0 aliphatic carbocycles. The lowest BCUT2D eigenvalue weighted by molar-refractivity contribution is -0.127.